The summed E-state index contributed by atoms with van der Waals surface area (Å²) in [4.78, 5) is 7.03. The van der Waals surface area contributed by atoms with Crippen LogP contribution in [0.5, 0.6) is 0 Å². The Morgan fingerprint density at radius 3 is 2.54 bits per heavy atom. The maximum absolute atomic E-state index is 5.57. The van der Waals surface area contributed by atoms with Crippen molar-refractivity contribution < 1.29 is 9.26 Å². The van der Waals surface area contributed by atoms with E-state index in [9.17, 15) is 0 Å². The van der Waals surface area contributed by atoms with E-state index in [1.54, 1.807) is 0 Å². The molecule has 0 unspecified atom stereocenters. The Bertz CT molecular complexity index is 607. The van der Waals surface area contributed by atoms with Crippen LogP contribution in [0.4, 0.5) is 0 Å². The summed E-state index contributed by atoms with van der Waals surface area (Å²) in [5.74, 6) is 2.03. The molecule has 2 heterocycles. The summed E-state index contributed by atoms with van der Waals surface area (Å²) in [6.45, 7) is 9.49. The highest BCUT2D eigenvalue weighted by Crippen LogP contribution is 2.33. The largest absolute Gasteiger partial charge is 0.379 e. The third kappa shape index (κ3) is 6.06. The van der Waals surface area contributed by atoms with Crippen molar-refractivity contribution >= 4 is 29.9 Å². The zero-order valence-electron chi connectivity index (χ0n) is 17.5. The lowest BCUT2D eigenvalue weighted by molar-refractivity contribution is -0.0352. The fourth-order valence-electron chi connectivity index (χ4n) is 4.18. The topological polar surface area (TPSA) is 74.9 Å². The molecular weight excluding hydrogens is 469 g/mol. The molecule has 28 heavy (non-hydrogen) atoms. The predicted octanol–water partition coefficient (Wildman–Crippen LogP) is 3.12. The Morgan fingerprint density at radius 2 is 1.93 bits per heavy atom. The summed E-state index contributed by atoms with van der Waals surface area (Å²) in [6.07, 6.45) is 6.46. The van der Waals surface area contributed by atoms with E-state index in [-0.39, 0.29) is 29.5 Å². The minimum Gasteiger partial charge on any atom is -0.379 e. The number of aliphatic imine (C=N–C) groups is 1. The van der Waals surface area contributed by atoms with Gasteiger partial charge in [-0.15, -0.1) is 24.0 Å². The van der Waals surface area contributed by atoms with Crippen LogP contribution in [0.2, 0.25) is 0 Å². The highest BCUT2D eigenvalue weighted by Gasteiger charge is 2.38. The maximum Gasteiger partial charge on any atom is 0.191 e. The molecule has 0 spiro atoms. The van der Waals surface area contributed by atoms with E-state index < -0.39 is 0 Å². The monoisotopic (exact) mass is 505 g/mol. The number of nitrogens with one attached hydrogen (secondary N) is 2. The van der Waals surface area contributed by atoms with Gasteiger partial charge in [0.1, 0.15) is 0 Å². The molecule has 0 radical (unpaired) electrons. The van der Waals surface area contributed by atoms with Crippen molar-refractivity contribution in [2.45, 2.75) is 64.0 Å². The first kappa shape index (κ1) is 23.4. The minimum atomic E-state index is 0. The molecule has 7 nitrogen and oxygen atoms in total. The van der Waals surface area contributed by atoms with Crippen molar-refractivity contribution in [1.29, 1.82) is 0 Å². The van der Waals surface area contributed by atoms with Gasteiger partial charge < -0.3 is 19.9 Å². The van der Waals surface area contributed by atoms with E-state index in [1.807, 2.05) is 13.1 Å². The van der Waals surface area contributed by atoms with Gasteiger partial charge in [-0.3, -0.25) is 9.89 Å². The lowest BCUT2D eigenvalue weighted by Gasteiger charge is -2.48. The number of nitrogens with zero attached hydrogens (tertiary/aromatic N) is 3. The zero-order chi connectivity index (χ0) is 19.1. The van der Waals surface area contributed by atoms with Crippen LogP contribution in [0, 0.1) is 0 Å². The molecule has 160 valence electrons. The van der Waals surface area contributed by atoms with Gasteiger partial charge in [0.05, 0.1) is 25.5 Å². The van der Waals surface area contributed by atoms with E-state index in [0.717, 1.165) is 50.3 Å². The molecular formula is C20H36IN5O2. The van der Waals surface area contributed by atoms with Crippen LogP contribution >= 0.6 is 24.0 Å². The van der Waals surface area contributed by atoms with Crippen LogP contribution in [-0.4, -0.2) is 61.5 Å². The van der Waals surface area contributed by atoms with Crippen molar-refractivity contribution in [2.75, 3.05) is 39.9 Å². The fraction of sp³-hybridized carbons (Fsp3) is 0.800. The van der Waals surface area contributed by atoms with Gasteiger partial charge in [0, 0.05) is 38.3 Å². The summed E-state index contributed by atoms with van der Waals surface area (Å²) >= 11 is 0. The molecule has 0 bridgehead atoms. The second kappa shape index (κ2) is 11.3. The van der Waals surface area contributed by atoms with E-state index in [0.29, 0.717) is 12.5 Å². The van der Waals surface area contributed by atoms with Crippen LogP contribution in [0.3, 0.4) is 0 Å². The van der Waals surface area contributed by atoms with Gasteiger partial charge in [0.2, 0.25) is 0 Å². The average Bonchev–Trinajstić information content (AvgIpc) is 3.19. The Balaban J connectivity index is 0.00000280. The average molecular weight is 505 g/mol. The normalized spacial score (nSPS) is 20.6. The number of morpholine rings is 1. The Labute approximate surface area is 186 Å². The van der Waals surface area contributed by atoms with Gasteiger partial charge in [-0.2, -0.15) is 0 Å². The third-order valence-corrected chi connectivity index (χ3v) is 5.87. The van der Waals surface area contributed by atoms with Crippen molar-refractivity contribution in [2.24, 2.45) is 4.99 Å². The van der Waals surface area contributed by atoms with E-state index >= 15 is 0 Å². The Hall–Kier alpha value is -0.870. The van der Waals surface area contributed by atoms with Gasteiger partial charge in [-0.1, -0.05) is 38.3 Å². The number of ether oxygens (including phenoxy) is 1. The van der Waals surface area contributed by atoms with E-state index in [4.69, 9.17) is 9.26 Å². The van der Waals surface area contributed by atoms with Crippen LogP contribution in [0.15, 0.2) is 15.6 Å². The molecule has 2 fully saturated rings. The number of hydrogen-bond acceptors (Lipinski definition) is 5. The first-order chi connectivity index (χ1) is 13.1. The van der Waals surface area contributed by atoms with Crippen molar-refractivity contribution in [1.82, 2.24) is 20.7 Å². The van der Waals surface area contributed by atoms with Crippen LogP contribution in [-0.2, 0) is 11.3 Å². The lowest BCUT2D eigenvalue weighted by atomic mass is 9.80. The van der Waals surface area contributed by atoms with Crippen molar-refractivity contribution in [3.8, 4) is 0 Å². The number of halogens is 1. The number of rotatable bonds is 6. The number of guanidine groups is 1. The molecule has 3 rings (SSSR count). The summed E-state index contributed by atoms with van der Waals surface area (Å²) in [5.41, 5.74) is 1.21. The summed E-state index contributed by atoms with van der Waals surface area (Å²) in [7, 11) is 1.82. The number of hydrogen-bond donors (Lipinski definition) is 2. The summed E-state index contributed by atoms with van der Waals surface area (Å²) in [6, 6.07) is 2.02. The van der Waals surface area contributed by atoms with Crippen LogP contribution < -0.4 is 10.6 Å². The van der Waals surface area contributed by atoms with Gasteiger partial charge in [-0.05, 0) is 18.8 Å². The molecule has 1 saturated heterocycles. The molecule has 8 heteroatoms. The molecule has 1 saturated carbocycles. The molecule has 1 aromatic heterocycles. The lowest BCUT2D eigenvalue weighted by Crippen LogP contribution is -2.60. The first-order valence-electron chi connectivity index (χ1n) is 10.4. The molecule has 2 N–H and O–H groups in total. The van der Waals surface area contributed by atoms with Crippen LogP contribution in [0.25, 0.3) is 0 Å². The SMILES string of the molecule is CN=C(NCc1cc(C(C)C)no1)NCC1(N2CCOCC2)CCCCC1.I. The van der Waals surface area contributed by atoms with Crippen molar-refractivity contribution in [3.63, 3.8) is 0 Å². The molecule has 1 aliphatic heterocycles. The zero-order valence-corrected chi connectivity index (χ0v) is 19.8. The highest BCUT2D eigenvalue weighted by molar-refractivity contribution is 14.0. The Morgan fingerprint density at radius 1 is 1.21 bits per heavy atom. The van der Waals surface area contributed by atoms with Gasteiger partial charge in [0.15, 0.2) is 11.7 Å². The molecule has 1 aliphatic carbocycles. The summed E-state index contributed by atoms with van der Waals surface area (Å²) < 4.78 is 11.0. The van der Waals surface area contributed by atoms with Crippen molar-refractivity contribution in [3.05, 3.63) is 17.5 Å². The summed E-state index contributed by atoms with van der Waals surface area (Å²) in [5, 5.41) is 11.0. The van der Waals surface area contributed by atoms with Gasteiger partial charge >= 0.3 is 0 Å². The minimum absolute atomic E-state index is 0. The first-order valence-corrected chi connectivity index (χ1v) is 10.4. The van der Waals surface area contributed by atoms with Gasteiger partial charge in [0.25, 0.3) is 0 Å². The molecule has 0 amide bonds. The smallest absolute Gasteiger partial charge is 0.191 e. The number of aromatic nitrogens is 1. The fourth-order valence-corrected chi connectivity index (χ4v) is 4.18. The quantitative estimate of drug-likeness (QED) is 0.352. The second-order valence-corrected chi connectivity index (χ2v) is 8.04. The third-order valence-electron chi connectivity index (χ3n) is 5.87. The van der Waals surface area contributed by atoms with E-state index in [2.05, 4.69) is 39.5 Å². The standard InChI is InChI=1S/C20H35N5O2.HI/c1-16(2)18-13-17(27-24-18)14-22-19(21-3)23-15-20(7-5-4-6-8-20)25-9-11-26-12-10-25;/h13,16H,4-12,14-15H2,1-3H3,(H2,21,22,23);1H. The molecule has 0 aromatic carbocycles. The molecule has 1 aromatic rings. The molecule has 2 aliphatic rings. The van der Waals surface area contributed by atoms with Crippen LogP contribution in [0.1, 0.15) is 63.3 Å². The maximum atomic E-state index is 5.57. The second-order valence-electron chi connectivity index (χ2n) is 8.04. The molecule has 0 atom stereocenters. The Kier molecular flexibility index (Phi) is 9.49. The predicted molar refractivity (Wildman–Crippen MR) is 122 cm³/mol. The highest BCUT2D eigenvalue weighted by atomic mass is 127. The van der Waals surface area contributed by atoms with Gasteiger partial charge in [-0.25, -0.2) is 0 Å². The van der Waals surface area contributed by atoms with E-state index in [1.165, 1.54) is 32.1 Å².